The Morgan fingerprint density at radius 1 is 0.562 bits per heavy atom. The Kier molecular flexibility index (Phi) is 14.5. The fourth-order valence-electron chi connectivity index (χ4n) is 1.80. The highest BCUT2D eigenvalue weighted by Crippen LogP contribution is 2.07. The molecule has 95 valence electrons. The molecule has 0 heteroatoms. The molecule has 0 aliphatic carbocycles. The van der Waals surface area contributed by atoms with E-state index in [1.807, 2.05) is 0 Å². The molecule has 1 radical (unpaired) electrons. The number of rotatable bonds is 12. The fraction of sp³-hybridized carbons (Fsp3) is 0.812. The molecule has 0 aromatic heterocycles. The fourth-order valence-corrected chi connectivity index (χ4v) is 1.80. The molecule has 0 saturated carbocycles. The Hall–Kier alpha value is -0.260. The zero-order valence-electron chi connectivity index (χ0n) is 11.5. The maximum atomic E-state index is 2.46. The van der Waals surface area contributed by atoms with Gasteiger partial charge < -0.3 is 0 Å². The lowest BCUT2D eigenvalue weighted by Gasteiger charge is -1.97. The number of hydrogen-bond donors (Lipinski definition) is 0. The molecule has 0 saturated heterocycles. The van der Waals surface area contributed by atoms with Crippen LogP contribution in [0.2, 0.25) is 0 Å². The molecular weight excluding hydrogens is 192 g/mol. The van der Waals surface area contributed by atoms with Gasteiger partial charge in [0.2, 0.25) is 0 Å². The molecule has 16 heavy (non-hydrogen) atoms. The van der Waals surface area contributed by atoms with Crippen molar-refractivity contribution in [2.45, 2.75) is 84.5 Å². The zero-order chi connectivity index (χ0) is 11.9. The predicted molar refractivity (Wildman–Crippen MR) is 75.6 cm³/mol. The predicted octanol–water partition coefficient (Wildman–Crippen LogP) is 6.08. The van der Waals surface area contributed by atoms with Crippen molar-refractivity contribution in [3.63, 3.8) is 0 Å². The second kappa shape index (κ2) is 14.7. The molecule has 0 amide bonds. The number of allylic oxidation sites excluding steroid dienone is 2. The molecule has 0 nitrogen and oxygen atoms in total. The third kappa shape index (κ3) is 13.7. The van der Waals surface area contributed by atoms with Crippen LogP contribution in [-0.2, 0) is 0 Å². The first-order chi connectivity index (χ1) is 7.91. The van der Waals surface area contributed by atoms with Gasteiger partial charge in [-0.05, 0) is 38.5 Å². The first-order valence-electron chi connectivity index (χ1n) is 7.38. The largest absolute Gasteiger partial charge is 0.0885 e. The van der Waals surface area contributed by atoms with Crippen molar-refractivity contribution in [1.82, 2.24) is 0 Å². The first kappa shape index (κ1) is 15.7. The van der Waals surface area contributed by atoms with Gasteiger partial charge in [-0.1, -0.05) is 64.5 Å². The highest BCUT2D eigenvalue weighted by Gasteiger charge is 1.88. The summed E-state index contributed by atoms with van der Waals surface area (Å²) < 4.78 is 0. The summed E-state index contributed by atoms with van der Waals surface area (Å²) in [6.07, 6.45) is 22.0. The highest BCUT2D eigenvalue weighted by molar-refractivity contribution is 4.82. The normalized spacial score (nSPS) is 11.4. The second-order valence-electron chi connectivity index (χ2n) is 4.68. The van der Waals surface area contributed by atoms with Crippen molar-refractivity contribution in [2.75, 3.05) is 0 Å². The summed E-state index contributed by atoms with van der Waals surface area (Å²) in [4.78, 5) is 0. The maximum absolute atomic E-state index is 2.46. The van der Waals surface area contributed by atoms with Crippen LogP contribution in [0.1, 0.15) is 84.5 Å². The molecule has 0 bridgehead atoms. The second-order valence-corrected chi connectivity index (χ2v) is 4.68. The lowest BCUT2D eigenvalue weighted by atomic mass is 10.1. The minimum Gasteiger partial charge on any atom is -0.0885 e. The molecule has 0 aromatic carbocycles. The summed E-state index contributed by atoms with van der Waals surface area (Å²) in [5.74, 6) is 0. The van der Waals surface area contributed by atoms with Gasteiger partial charge in [-0.2, -0.15) is 0 Å². The Balaban J connectivity index is 2.98. The van der Waals surface area contributed by atoms with E-state index < -0.39 is 0 Å². The zero-order valence-corrected chi connectivity index (χ0v) is 11.5. The van der Waals surface area contributed by atoms with Crippen molar-refractivity contribution >= 4 is 0 Å². The van der Waals surface area contributed by atoms with E-state index in [9.17, 15) is 0 Å². The van der Waals surface area contributed by atoms with Crippen LogP contribution in [0, 0.1) is 6.42 Å². The molecular formula is C16H31. The van der Waals surface area contributed by atoms with Crippen LogP contribution in [0.5, 0.6) is 0 Å². The van der Waals surface area contributed by atoms with Gasteiger partial charge in [0.1, 0.15) is 0 Å². The first-order valence-corrected chi connectivity index (χ1v) is 7.38. The van der Waals surface area contributed by atoms with Crippen molar-refractivity contribution in [3.8, 4) is 0 Å². The molecule has 0 aromatic rings. The standard InChI is InChI=1S/C16H31/c1-3-5-7-9-11-13-15-16-14-12-10-8-6-4-2/h9,14,16H,3-8,10-13,15H2,1-2H3. The summed E-state index contributed by atoms with van der Waals surface area (Å²) >= 11 is 0. The SMILES string of the molecule is CCCC[CH]CCCC=CCCCCCC. The topological polar surface area (TPSA) is 0 Å². The van der Waals surface area contributed by atoms with E-state index in [0.29, 0.717) is 0 Å². The Bertz CT molecular complexity index is 135. The third-order valence-corrected chi connectivity index (χ3v) is 2.93. The molecule has 0 heterocycles. The molecule has 0 atom stereocenters. The van der Waals surface area contributed by atoms with E-state index in [2.05, 4.69) is 32.4 Å². The Morgan fingerprint density at radius 3 is 1.88 bits per heavy atom. The van der Waals surface area contributed by atoms with Crippen LogP contribution in [0.25, 0.3) is 0 Å². The van der Waals surface area contributed by atoms with E-state index in [1.54, 1.807) is 0 Å². The van der Waals surface area contributed by atoms with Gasteiger partial charge in [0.25, 0.3) is 0 Å². The van der Waals surface area contributed by atoms with Crippen molar-refractivity contribution in [2.24, 2.45) is 0 Å². The van der Waals surface area contributed by atoms with Gasteiger partial charge in [-0.3, -0.25) is 0 Å². The molecule has 0 spiro atoms. The maximum Gasteiger partial charge on any atom is -0.0351 e. The van der Waals surface area contributed by atoms with Gasteiger partial charge in [0.15, 0.2) is 0 Å². The van der Waals surface area contributed by atoms with E-state index in [4.69, 9.17) is 0 Å². The highest BCUT2D eigenvalue weighted by atomic mass is 13.9. The van der Waals surface area contributed by atoms with Gasteiger partial charge in [-0.25, -0.2) is 0 Å². The van der Waals surface area contributed by atoms with E-state index in [1.165, 1.54) is 70.6 Å². The van der Waals surface area contributed by atoms with Crippen LogP contribution >= 0.6 is 0 Å². The quantitative estimate of drug-likeness (QED) is 0.278. The minimum absolute atomic E-state index is 1.27. The molecule has 0 rings (SSSR count). The van der Waals surface area contributed by atoms with Gasteiger partial charge in [0.05, 0.1) is 0 Å². The van der Waals surface area contributed by atoms with Crippen molar-refractivity contribution < 1.29 is 0 Å². The van der Waals surface area contributed by atoms with Crippen LogP contribution in [0.3, 0.4) is 0 Å². The summed E-state index contributed by atoms with van der Waals surface area (Å²) in [7, 11) is 0. The van der Waals surface area contributed by atoms with E-state index in [0.717, 1.165) is 0 Å². The number of unbranched alkanes of at least 4 members (excludes halogenated alkanes) is 10. The van der Waals surface area contributed by atoms with Gasteiger partial charge in [-0.15, -0.1) is 0 Å². The van der Waals surface area contributed by atoms with Crippen LogP contribution in [0.15, 0.2) is 12.2 Å². The molecule has 0 aliphatic heterocycles. The lowest BCUT2D eigenvalue weighted by Crippen LogP contribution is -1.79. The Morgan fingerprint density at radius 2 is 1.19 bits per heavy atom. The summed E-state index contributed by atoms with van der Waals surface area (Å²) in [5, 5.41) is 0. The molecule has 0 aliphatic rings. The molecule has 0 fully saturated rings. The average Bonchev–Trinajstić information content (AvgIpc) is 2.31. The van der Waals surface area contributed by atoms with E-state index in [-0.39, 0.29) is 0 Å². The van der Waals surface area contributed by atoms with Gasteiger partial charge >= 0.3 is 0 Å². The summed E-state index contributed by atoms with van der Waals surface area (Å²) in [5.41, 5.74) is 0. The Labute approximate surface area is 104 Å². The van der Waals surface area contributed by atoms with Crippen molar-refractivity contribution in [1.29, 1.82) is 0 Å². The van der Waals surface area contributed by atoms with Gasteiger partial charge in [0, 0.05) is 0 Å². The smallest absolute Gasteiger partial charge is 0.0351 e. The average molecular weight is 223 g/mol. The van der Waals surface area contributed by atoms with Crippen LogP contribution in [0.4, 0.5) is 0 Å². The van der Waals surface area contributed by atoms with E-state index >= 15 is 0 Å². The lowest BCUT2D eigenvalue weighted by molar-refractivity contribution is 0.673. The molecule has 0 unspecified atom stereocenters. The third-order valence-electron chi connectivity index (χ3n) is 2.93. The minimum atomic E-state index is 1.27. The van der Waals surface area contributed by atoms with Crippen molar-refractivity contribution in [3.05, 3.63) is 18.6 Å². The summed E-state index contributed by atoms with van der Waals surface area (Å²) in [6, 6.07) is 0. The summed E-state index contributed by atoms with van der Waals surface area (Å²) in [6.45, 7) is 4.53. The van der Waals surface area contributed by atoms with Crippen LogP contribution < -0.4 is 0 Å². The molecule has 0 N–H and O–H groups in total. The monoisotopic (exact) mass is 223 g/mol. The van der Waals surface area contributed by atoms with Crippen LogP contribution in [-0.4, -0.2) is 0 Å². The number of hydrogen-bond acceptors (Lipinski definition) is 0.